The molecule has 0 radical (unpaired) electrons. The Morgan fingerprint density at radius 3 is 2.50 bits per heavy atom. The van der Waals surface area contributed by atoms with Crippen LogP contribution in [0.3, 0.4) is 0 Å². The summed E-state index contributed by atoms with van der Waals surface area (Å²) in [4.78, 5) is 2.33. The van der Waals surface area contributed by atoms with Crippen LogP contribution in [-0.2, 0) is 0 Å². The summed E-state index contributed by atoms with van der Waals surface area (Å²) in [5.74, 6) is 1.42. The predicted molar refractivity (Wildman–Crippen MR) is 77.6 cm³/mol. The molecule has 1 aromatic carbocycles. The van der Waals surface area contributed by atoms with E-state index < -0.39 is 0 Å². The van der Waals surface area contributed by atoms with E-state index in [2.05, 4.69) is 18.7 Å². The van der Waals surface area contributed by atoms with Gasteiger partial charge in [-0.3, -0.25) is 5.41 Å². The standard InChI is InChI=1S/C14H20ClN3/c1-9-5-10(2)8-18(7-9)13-4-3-11(15)6-12(13)14(16)17/h3-4,6,9-10H,5,7-8H2,1-2H3,(H3,16,17). The van der Waals surface area contributed by atoms with Gasteiger partial charge in [0.2, 0.25) is 0 Å². The van der Waals surface area contributed by atoms with Gasteiger partial charge in [0.15, 0.2) is 0 Å². The molecule has 0 spiro atoms. The molecule has 1 fully saturated rings. The average molecular weight is 266 g/mol. The second-order valence-corrected chi connectivity index (χ2v) is 5.86. The number of nitrogens with zero attached hydrogens (tertiary/aromatic N) is 1. The summed E-state index contributed by atoms with van der Waals surface area (Å²) in [5.41, 5.74) is 7.43. The lowest BCUT2D eigenvalue weighted by Gasteiger charge is -2.37. The second kappa shape index (κ2) is 5.19. The molecule has 0 saturated carbocycles. The van der Waals surface area contributed by atoms with Gasteiger partial charge in [0.1, 0.15) is 5.84 Å². The van der Waals surface area contributed by atoms with Gasteiger partial charge in [-0.25, -0.2) is 0 Å². The fraction of sp³-hybridized carbons (Fsp3) is 0.500. The Balaban J connectivity index is 2.35. The third kappa shape index (κ3) is 2.78. The van der Waals surface area contributed by atoms with E-state index in [9.17, 15) is 0 Å². The number of hydrogen-bond acceptors (Lipinski definition) is 2. The molecule has 98 valence electrons. The number of rotatable bonds is 2. The van der Waals surface area contributed by atoms with Crippen molar-refractivity contribution in [3.63, 3.8) is 0 Å². The summed E-state index contributed by atoms with van der Waals surface area (Å²) in [5, 5.41) is 8.31. The molecule has 1 heterocycles. The molecular formula is C14H20ClN3. The molecule has 18 heavy (non-hydrogen) atoms. The van der Waals surface area contributed by atoms with Crippen molar-refractivity contribution in [3.8, 4) is 0 Å². The van der Waals surface area contributed by atoms with Crippen molar-refractivity contribution in [2.75, 3.05) is 18.0 Å². The molecule has 1 aromatic rings. The maximum Gasteiger partial charge on any atom is 0.124 e. The number of nitrogens with two attached hydrogens (primary N) is 1. The van der Waals surface area contributed by atoms with E-state index in [1.165, 1.54) is 6.42 Å². The Labute approximate surface area is 113 Å². The topological polar surface area (TPSA) is 53.1 Å². The van der Waals surface area contributed by atoms with Crippen LogP contribution in [0.25, 0.3) is 0 Å². The first-order valence-electron chi connectivity index (χ1n) is 6.36. The van der Waals surface area contributed by atoms with Crippen molar-refractivity contribution in [3.05, 3.63) is 28.8 Å². The maximum absolute atomic E-state index is 7.68. The molecule has 0 amide bonds. The molecule has 1 saturated heterocycles. The molecule has 2 rings (SSSR count). The lowest BCUT2D eigenvalue weighted by atomic mass is 9.91. The number of nitrogens with one attached hydrogen (secondary N) is 1. The van der Waals surface area contributed by atoms with Crippen LogP contribution >= 0.6 is 11.6 Å². The summed E-state index contributed by atoms with van der Waals surface area (Å²) in [7, 11) is 0. The molecule has 0 aliphatic carbocycles. The van der Waals surface area contributed by atoms with Crippen LogP contribution in [-0.4, -0.2) is 18.9 Å². The van der Waals surface area contributed by atoms with Crippen LogP contribution in [0.4, 0.5) is 5.69 Å². The molecular weight excluding hydrogens is 246 g/mol. The molecule has 3 N–H and O–H groups in total. The number of anilines is 1. The summed E-state index contributed by atoms with van der Waals surface area (Å²) in [6, 6.07) is 5.63. The summed E-state index contributed by atoms with van der Waals surface area (Å²) in [6.45, 7) is 6.58. The highest BCUT2D eigenvalue weighted by molar-refractivity contribution is 6.31. The minimum Gasteiger partial charge on any atom is -0.384 e. The zero-order chi connectivity index (χ0) is 13.3. The molecule has 3 nitrogen and oxygen atoms in total. The van der Waals surface area contributed by atoms with Crippen molar-refractivity contribution in [2.45, 2.75) is 20.3 Å². The fourth-order valence-electron chi connectivity index (χ4n) is 2.86. The molecule has 1 aliphatic rings. The monoisotopic (exact) mass is 265 g/mol. The Kier molecular flexibility index (Phi) is 3.81. The van der Waals surface area contributed by atoms with Crippen LogP contribution in [0.1, 0.15) is 25.8 Å². The van der Waals surface area contributed by atoms with Gasteiger partial charge in [0, 0.05) is 29.4 Å². The number of amidine groups is 1. The largest absolute Gasteiger partial charge is 0.384 e. The Bertz CT molecular complexity index is 448. The molecule has 4 heteroatoms. The summed E-state index contributed by atoms with van der Waals surface area (Å²) in [6.07, 6.45) is 1.26. The minimum absolute atomic E-state index is 0.0818. The summed E-state index contributed by atoms with van der Waals surface area (Å²) < 4.78 is 0. The highest BCUT2D eigenvalue weighted by Crippen LogP contribution is 2.30. The van der Waals surface area contributed by atoms with Gasteiger partial charge in [-0.1, -0.05) is 25.4 Å². The van der Waals surface area contributed by atoms with Crippen molar-refractivity contribution in [2.24, 2.45) is 17.6 Å². The van der Waals surface area contributed by atoms with Gasteiger partial charge in [0.05, 0.1) is 0 Å². The fourth-order valence-corrected chi connectivity index (χ4v) is 3.03. The van der Waals surface area contributed by atoms with Crippen molar-refractivity contribution < 1.29 is 0 Å². The van der Waals surface area contributed by atoms with Crippen molar-refractivity contribution in [1.82, 2.24) is 0 Å². The maximum atomic E-state index is 7.68. The van der Waals surface area contributed by atoms with Gasteiger partial charge >= 0.3 is 0 Å². The number of piperidine rings is 1. The average Bonchev–Trinajstić information content (AvgIpc) is 2.27. The lowest BCUT2D eigenvalue weighted by Crippen LogP contribution is -2.39. The second-order valence-electron chi connectivity index (χ2n) is 5.43. The minimum atomic E-state index is 0.0818. The van der Waals surface area contributed by atoms with Gasteiger partial charge in [0.25, 0.3) is 0 Å². The Hall–Kier alpha value is -1.22. The first-order valence-corrected chi connectivity index (χ1v) is 6.74. The molecule has 1 aliphatic heterocycles. The van der Waals surface area contributed by atoms with Gasteiger partial charge in [-0.15, -0.1) is 0 Å². The highest BCUT2D eigenvalue weighted by Gasteiger charge is 2.24. The van der Waals surface area contributed by atoms with Crippen molar-refractivity contribution in [1.29, 1.82) is 5.41 Å². The van der Waals surface area contributed by atoms with Gasteiger partial charge in [-0.2, -0.15) is 0 Å². The SMILES string of the molecule is CC1CC(C)CN(c2ccc(Cl)cc2C(=N)N)C1. The zero-order valence-electron chi connectivity index (χ0n) is 10.9. The first kappa shape index (κ1) is 13.2. The highest BCUT2D eigenvalue weighted by atomic mass is 35.5. The van der Waals surface area contributed by atoms with E-state index >= 15 is 0 Å². The van der Waals surface area contributed by atoms with E-state index in [1.807, 2.05) is 12.1 Å². The Morgan fingerprint density at radius 2 is 1.94 bits per heavy atom. The number of halogens is 1. The molecule has 0 bridgehead atoms. The predicted octanol–water partition coefficient (Wildman–Crippen LogP) is 3.11. The number of hydrogen-bond donors (Lipinski definition) is 2. The van der Waals surface area contributed by atoms with E-state index in [0.717, 1.165) is 24.3 Å². The summed E-state index contributed by atoms with van der Waals surface area (Å²) >= 11 is 5.99. The first-order chi connectivity index (χ1) is 8.47. The van der Waals surface area contributed by atoms with Crippen LogP contribution in [0.2, 0.25) is 5.02 Å². The van der Waals surface area contributed by atoms with E-state index in [0.29, 0.717) is 16.9 Å². The third-order valence-electron chi connectivity index (χ3n) is 3.46. The zero-order valence-corrected chi connectivity index (χ0v) is 11.7. The van der Waals surface area contributed by atoms with Crippen LogP contribution in [0.5, 0.6) is 0 Å². The van der Waals surface area contributed by atoms with Crippen LogP contribution in [0, 0.1) is 17.2 Å². The Morgan fingerprint density at radius 1 is 1.33 bits per heavy atom. The van der Waals surface area contributed by atoms with E-state index in [4.69, 9.17) is 22.7 Å². The third-order valence-corrected chi connectivity index (χ3v) is 3.69. The normalized spacial score (nSPS) is 24.1. The molecule has 0 aromatic heterocycles. The molecule has 2 atom stereocenters. The van der Waals surface area contributed by atoms with Gasteiger partial charge < -0.3 is 10.6 Å². The van der Waals surface area contributed by atoms with Crippen molar-refractivity contribution >= 4 is 23.1 Å². The quantitative estimate of drug-likeness (QED) is 0.638. The number of benzene rings is 1. The van der Waals surface area contributed by atoms with E-state index in [1.54, 1.807) is 6.07 Å². The lowest BCUT2D eigenvalue weighted by molar-refractivity contribution is 0.357. The van der Waals surface area contributed by atoms with Crippen LogP contribution in [0.15, 0.2) is 18.2 Å². The number of nitrogen functional groups attached to an aromatic ring is 1. The van der Waals surface area contributed by atoms with Crippen LogP contribution < -0.4 is 10.6 Å². The van der Waals surface area contributed by atoms with E-state index in [-0.39, 0.29) is 5.84 Å². The van der Waals surface area contributed by atoms with Gasteiger partial charge in [-0.05, 0) is 36.5 Å². The smallest absolute Gasteiger partial charge is 0.124 e. The molecule has 2 unspecified atom stereocenters.